The average Bonchev–Trinajstić information content (AvgIpc) is 2.30. The number of rotatable bonds is 7. The van der Waals surface area contributed by atoms with E-state index in [1.165, 1.54) is 70.6 Å². The van der Waals surface area contributed by atoms with E-state index in [4.69, 9.17) is 22.2 Å². The SMILES string of the molecule is CCCCCCCC1([SiH](Cl)Cl)CCCCC1. The van der Waals surface area contributed by atoms with E-state index >= 15 is 0 Å². The maximum atomic E-state index is 6.36. The quantitative estimate of drug-likeness (QED) is 0.316. The van der Waals surface area contributed by atoms with Gasteiger partial charge in [0.15, 0.2) is 0 Å². The highest BCUT2D eigenvalue weighted by molar-refractivity contribution is 7.35. The summed E-state index contributed by atoms with van der Waals surface area (Å²) in [6.07, 6.45) is 14.9. The molecular formula is C13H26Cl2Si. The van der Waals surface area contributed by atoms with E-state index in [1.54, 1.807) is 0 Å². The van der Waals surface area contributed by atoms with Crippen molar-refractivity contribution in [2.45, 2.75) is 82.6 Å². The summed E-state index contributed by atoms with van der Waals surface area (Å²) in [5.41, 5.74) is 0. The number of unbranched alkanes of at least 4 members (excludes halogenated alkanes) is 4. The average molecular weight is 281 g/mol. The Bertz CT molecular complexity index is 177. The Morgan fingerprint density at radius 1 is 0.938 bits per heavy atom. The molecule has 0 nitrogen and oxygen atoms in total. The van der Waals surface area contributed by atoms with Gasteiger partial charge in [-0.3, -0.25) is 0 Å². The molecule has 0 unspecified atom stereocenters. The van der Waals surface area contributed by atoms with E-state index in [2.05, 4.69) is 6.92 Å². The molecule has 0 amide bonds. The fraction of sp³-hybridized carbons (Fsp3) is 1.00. The first-order valence-electron chi connectivity index (χ1n) is 6.99. The molecule has 0 aromatic heterocycles. The van der Waals surface area contributed by atoms with E-state index in [-0.39, 0.29) is 0 Å². The van der Waals surface area contributed by atoms with Gasteiger partial charge in [-0.15, -0.1) is 22.2 Å². The minimum Gasteiger partial charge on any atom is -0.150 e. The maximum Gasteiger partial charge on any atom is 0.243 e. The molecule has 1 rings (SSSR count). The Hall–Kier alpha value is 0.797. The highest BCUT2D eigenvalue weighted by Gasteiger charge is 2.38. The molecule has 1 saturated carbocycles. The van der Waals surface area contributed by atoms with Crippen molar-refractivity contribution in [3.63, 3.8) is 0 Å². The maximum absolute atomic E-state index is 6.36. The molecule has 96 valence electrons. The van der Waals surface area contributed by atoms with Crippen molar-refractivity contribution in [1.82, 2.24) is 0 Å². The minimum atomic E-state index is -1.50. The zero-order valence-electron chi connectivity index (χ0n) is 10.6. The second kappa shape index (κ2) is 8.00. The molecule has 3 heteroatoms. The van der Waals surface area contributed by atoms with Gasteiger partial charge in [-0.1, -0.05) is 58.3 Å². The highest BCUT2D eigenvalue weighted by Crippen LogP contribution is 2.51. The Morgan fingerprint density at radius 3 is 2.12 bits per heavy atom. The first-order chi connectivity index (χ1) is 7.71. The molecule has 1 aliphatic carbocycles. The first-order valence-corrected chi connectivity index (χ1v) is 11.1. The fourth-order valence-corrected chi connectivity index (χ4v) is 6.14. The van der Waals surface area contributed by atoms with Gasteiger partial charge in [0, 0.05) is 0 Å². The van der Waals surface area contributed by atoms with Crippen LogP contribution in [0.15, 0.2) is 0 Å². The van der Waals surface area contributed by atoms with Crippen LogP contribution >= 0.6 is 22.2 Å². The lowest BCUT2D eigenvalue weighted by atomic mass is 9.84. The van der Waals surface area contributed by atoms with E-state index in [0.29, 0.717) is 5.04 Å². The van der Waals surface area contributed by atoms with Crippen LogP contribution in [-0.4, -0.2) is 7.42 Å². The normalized spacial score (nSPS) is 20.2. The van der Waals surface area contributed by atoms with Crippen molar-refractivity contribution < 1.29 is 0 Å². The fourth-order valence-electron chi connectivity index (χ4n) is 2.91. The van der Waals surface area contributed by atoms with E-state index in [1.807, 2.05) is 0 Å². The third-order valence-electron chi connectivity index (χ3n) is 4.09. The first kappa shape index (κ1) is 14.9. The van der Waals surface area contributed by atoms with Crippen LogP contribution in [0.2, 0.25) is 5.04 Å². The van der Waals surface area contributed by atoms with Gasteiger partial charge in [0.05, 0.1) is 0 Å². The van der Waals surface area contributed by atoms with Crippen LogP contribution in [0.4, 0.5) is 0 Å². The highest BCUT2D eigenvalue weighted by atomic mass is 35.7. The molecule has 1 fully saturated rings. The van der Waals surface area contributed by atoms with Gasteiger partial charge in [-0.25, -0.2) is 0 Å². The second-order valence-corrected chi connectivity index (χ2v) is 10.5. The lowest BCUT2D eigenvalue weighted by molar-refractivity contribution is 0.344. The number of hydrogen-bond donors (Lipinski definition) is 0. The van der Waals surface area contributed by atoms with Crippen LogP contribution in [0.3, 0.4) is 0 Å². The summed E-state index contributed by atoms with van der Waals surface area (Å²) < 4.78 is 0. The second-order valence-electron chi connectivity index (χ2n) is 5.39. The zero-order valence-corrected chi connectivity index (χ0v) is 13.3. The smallest absolute Gasteiger partial charge is 0.150 e. The standard InChI is InChI=1S/C13H26Cl2Si/c1-2-3-4-5-7-10-13(16(14)15)11-8-6-9-12-13/h16H,2-12H2,1H3. The Kier molecular flexibility index (Phi) is 7.43. The largest absolute Gasteiger partial charge is 0.243 e. The van der Waals surface area contributed by atoms with Crippen LogP contribution in [0.25, 0.3) is 0 Å². The molecule has 0 heterocycles. The topological polar surface area (TPSA) is 0 Å². The van der Waals surface area contributed by atoms with Crippen molar-refractivity contribution in [1.29, 1.82) is 0 Å². The van der Waals surface area contributed by atoms with Crippen LogP contribution in [0, 0.1) is 0 Å². The lowest BCUT2D eigenvalue weighted by Gasteiger charge is -2.37. The molecule has 1 aliphatic rings. The van der Waals surface area contributed by atoms with Gasteiger partial charge in [0.2, 0.25) is 7.42 Å². The number of hydrogen-bond acceptors (Lipinski definition) is 0. The van der Waals surface area contributed by atoms with E-state index in [9.17, 15) is 0 Å². The molecule has 0 N–H and O–H groups in total. The third kappa shape index (κ3) is 4.58. The Morgan fingerprint density at radius 2 is 1.56 bits per heavy atom. The van der Waals surface area contributed by atoms with E-state index < -0.39 is 7.42 Å². The van der Waals surface area contributed by atoms with Gasteiger partial charge >= 0.3 is 0 Å². The molecule has 0 atom stereocenters. The van der Waals surface area contributed by atoms with Crippen molar-refractivity contribution in [3.8, 4) is 0 Å². The van der Waals surface area contributed by atoms with Gasteiger partial charge in [0.1, 0.15) is 0 Å². The summed E-state index contributed by atoms with van der Waals surface area (Å²) in [4.78, 5) is 0. The summed E-state index contributed by atoms with van der Waals surface area (Å²) in [5.74, 6) is 0. The van der Waals surface area contributed by atoms with Crippen LogP contribution in [-0.2, 0) is 0 Å². The molecule has 0 saturated heterocycles. The monoisotopic (exact) mass is 280 g/mol. The van der Waals surface area contributed by atoms with Gasteiger partial charge in [-0.05, 0) is 24.3 Å². The third-order valence-corrected chi connectivity index (χ3v) is 8.66. The van der Waals surface area contributed by atoms with Crippen molar-refractivity contribution in [2.75, 3.05) is 0 Å². The Labute approximate surface area is 112 Å². The minimum absolute atomic E-state index is 0.396. The molecule has 0 radical (unpaired) electrons. The van der Waals surface area contributed by atoms with E-state index in [0.717, 1.165) is 0 Å². The van der Waals surface area contributed by atoms with Crippen molar-refractivity contribution >= 4 is 29.6 Å². The molecule has 0 aliphatic heterocycles. The molecule has 16 heavy (non-hydrogen) atoms. The summed E-state index contributed by atoms with van der Waals surface area (Å²) in [6, 6.07) is 0. The summed E-state index contributed by atoms with van der Waals surface area (Å²) in [6.45, 7) is 2.27. The van der Waals surface area contributed by atoms with Gasteiger partial charge in [-0.2, -0.15) is 0 Å². The van der Waals surface area contributed by atoms with Crippen LogP contribution in [0.5, 0.6) is 0 Å². The molecule has 0 aromatic carbocycles. The molecule has 0 bridgehead atoms. The Balaban J connectivity index is 2.27. The molecule has 0 aromatic rings. The van der Waals surface area contributed by atoms with Gasteiger partial charge in [0.25, 0.3) is 0 Å². The van der Waals surface area contributed by atoms with Crippen molar-refractivity contribution in [2.24, 2.45) is 0 Å². The predicted octanol–water partition coefficient (Wildman–Crippen LogP) is 5.75. The summed E-state index contributed by atoms with van der Waals surface area (Å²) in [7, 11) is -1.50. The van der Waals surface area contributed by atoms with Crippen LogP contribution in [0.1, 0.15) is 77.6 Å². The molecule has 0 spiro atoms. The lowest BCUT2D eigenvalue weighted by Crippen LogP contribution is -2.27. The number of halogens is 2. The van der Waals surface area contributed by atoms with Crippen LogP contribution < -0.4 is 0 Å². The summed E-state index contributed by atoms with van der Waals surface area (Å²) in [5, 5.41) is 0.396. The molecular weight excluding hydrogens is 255 g/mol. The van der Waals surface area contributed by atoms with Crippen molar-refractivity contribution in [3.05, 3.63) is 0 Å². The summed E-state index contributed by atoms with van der Waals surface area (Å²) >= 11 is 12.7. The van der Waals surface area contributed by atoms with Gasteiger partial charge < -0.3 is 0 Å². The predicted molar refractivity (Wildman–Crippen MR) is 78.0 cm³/mol. The zero-order chi connectivity index (χ0) is 11.9.